The van der Waals surface area contributed by atoms with Crippen molar-refractivity contribution in [3.05, 3.63) is 66.5 Å². The summed E-state index contributed by atoms with van der Waals surface area (Å²) in [5.74, 6) is -0.0235. The summed E-state index contributed by atoms with van der Waals surface area (Å²) in [4.78, 5) is 48.2. The lowest BCUT2D eigenvalue weighted by atomic mass is 10.0. The van der Waals surface area contributed by atoms with Crippen molar-refractivity contribution in [1.82, 2.24) is 14.9 Å². The molecule has 1 aliphatic heterocycles. The maximum Gasteiger partial charge on any atom is 0.514 e. The molecule has 1 aromatic carbocycles. The number of aromatic nitrogens is 2. The van der Waals surface area contributed by atoms with Gasteiger partial charge in [-0.05, 0) is 73.6 Å². The first-order chi connectivity index (χ1) is 18.4. The third-order valence-corrected chi connectivity index (χ3v) is 6.42. The molecule has 10 nitrogen and oxygen atoms in total. The lowest BCUT2D eigenvalue weighted by Gasteiger charge is -2.27. The maximum absolute atomic E-state index is 13.3. The number of urea groups is 1. The van der Waals surface area contributed by atoms with Gasteiger partial charge < -0.3 is 19.7 Å². The van der Waals surface area contributed by atoms with E-state index in [4.69, 9.17) is 4.74 Å². The second-order valence-electron chi connectivity index (χ2n) is 8.73. The molecule has 0 saturated carbocycles. The van der Waals surface area contributed by atoms with E-state index < -0.39 is 29.1 Å². The molecular formula is C25H22F3N5O5S. The number of benzene rings is 1. The number of thioether (sulfide) groups is 1. The zero-order valence-corrected chi connectivity index (χ0v) is 21.7. The van der Waals surface area contributed by atoms with Crippen LogP contribution in [-0.4, -0.2) is 51.1 Å². The fraction of sp³-hybridized carbons (Fsp3) is 0.240. The van der Waals surface area contributed by atoms with Crippen molar-refractivity contribution in [1.29, 1.82) is 0 Å². The molecule has 1 N–H and O–H groups in total. The molecule has 204 valence electrons. The largest absolute Gasteiger partial charge is 0.514 e. The number of hydrogen-bond donors (Lipinski definition) is 1. The molecule has 0 atom stereocenters. The average molecular weight is 562 g/mol. The van der Waals surface area contributed by atoms with Crippen LogP contribution in [0.25, 0.3) is 0 Å². The number of carbonyl (C=O) groups excluding carboxylic acids is 3. The number of alkyl halides is 3. The topological polar surface area (TPSA) is 114 Å². The fourth-order valence-electron chi connectivity index (χ4n) is 3.74. The number of halogens is 3. The fourth-order valence-corrected chi connectivity index (χ4v) is 4.28. The summed E-state index contributed by atoms with van der Waals surface area (Å²) >= 11 is -0.278. The molecule has 0 bridgehead atoms. The van der Waals surface area contributed by atoms with Crippen molar-refractivity contribution < 1.29 is 37.0 Å². The molecule has 0 unspecified atom stereocenters. The van der Waals surface area contributed by atoms with Crippen molar-refractivity contribution in [2.45, 2.75) is 36.3 Å². The van der Waals surface area contributed by atoms with Gasteiger partial charge in [-0.15, -0.1) is 0 Å². The highest BCUT2D eigenvalue weighted by atomic mass is 32.2. The highest BCUT2D eigenvalue weighted by Gasteiger charge is 2.51. The molecule has 4 rings (SSSR count). The van der Waals surface area contributed by atoms with E-state index in [0.717, 1.165) is 4.90 Å². The zero-order chi connectivity index (χ0) is 28.4. The molecule has 0 spiro atoms. The van der Waals surface area contributed by atoms with Gasteiger partial charge in [0.2, 0.25) is 5.88 Å². The highest BCUT2D eigenvalue weighted by Crippen LogP contribution is 2.39. The molecular weight excluding hydrogens is 539 g/mol. The summed E-state index contributed by atoms with van der Waals surface area (Å²) in [6.07, 6.45) is 2.06. The Morgan fingerprint density at radius 2 is 1.79 bits per heavy atom. The van der Waals surface area contributed by atoms with E-state index in [1.54, 1.807) is 32.0 Å². The summed E-state index contributed by atoms with van der Waals surface area (Å²) in [6.45, 7) is 3.27. The number of pyridine rings is 2. The number of nitrogens with one attached hydrogen (secondary N) is 1. The quantitative estimate of drug-likeness (QED) is 0.220. The molecule has 0 aliphatic carbocycles. The number of ether oxygens (including phenoxy) is 2. The number of rotatable bonds is 7. The van der Waals surface area contributed by atoms with Gasteiger partial charge >= 0.3 is 17.7 Å². The summed E-state index contributed by atoms with van der Waals surface area (Å²) in [6, 6.07) is 10.9. The lowest BCUT2D eigenvalue weighted by Crippen LogP contribution is -2.43. The van der Waals surface area contributed by atoms with Gasteiger partial charge in [-0.1, -0.05) is 0 Å². The van der Waals surface area contributed by atoms with Crippen LogP contribution in [0.5, 0.6) is 5.88 Å². The van der Waals surface area contributed by atoms with Crippen LogP contribution in [0.3, 0.4) is 0 Å². The van der Waals surface area contributed by atoms with Crippen LogP contribution >= 0.6 is 11.8 Å². The Labute approximate surface area is 225 Å². The number of carbonyl (C=O) groups is 3. The molecule has 1 saturated heterocycles. The molecule has 3 aromatic rings. The second-order valence-corrected chi connectivity index (χ2v) is 9.86. The van der Waals surface area contributed by atoms with Gasteiger partial charge in [-0.2, -0.15) is 13.2 Å². The minimum absolute atomic E-state index is 0.0480. The molecule has 14 heteroatoms. The van der Waals surface area contributed by atoms with Gasteiger partial charge in [-0.25, -0.2) is 24.5 Å². The molecule has 1 aliphatic rings. The Kier molecular flexibility index (Phi) is 7.67. The first kappa shape index (κ1) is 27.7. The number of hydrogen-bond acceptors (Lipinski definition) is 9. The second kappa shape index (κ2) is 10.8. The van der Waals surface area contributed by atoms with Gasteiger partial charge in [0.05, 0.1) is 24.7 Å². The number of amides is 3. The van der Waals surface area contributed by atoms with Crippen molar-refractivity contribution in [2.24, 2.45) is 0 Å². The van der Waals surface area contributed by atoms with Gasteiger partial charge in [0.15, 0.2) is 0 Å². The third-order valence-electron chi connectivity index (χ3n) is 5.68. The van der Waals surface area contributed by atoms with E-state index in [2.05, 4.69) is 20.0 Å². The normalized spacial score (nSPS) is 14.9. The number of methoxy groups -OCH3 is 1. The predicted octanol–water partition coefficient (Wildman–Crippen LogP) is 5.72. The van der Waals surface area contributed by atoms with Crippen molar-refractivity contribution in [2.75, 3.05) is 17.3 Å². The van der Waals surface area contributed by atoms with E-state index >= 15 is 0 Å². The third kappa shape index (κ3) is 6.39. The maximum atomic E-state index is 13.3. The molecule has 39 heavy (non-hydrogen) atoms. The standard InChI is InChI=1S/C25H22F3N5O5S/c1-24(2)21(34)33(17-5-7-18(8-6-17)39-25(26,27)28)22(35)32(24)14-15-10-11-29-19(12-15)31-16-4-9-20(30-13-16)38-23(36)37-3/h4-13H,14H2,1-3H3,(H,29,31). The van der Waals surface area contributed by atoms with Crippen LogP contribution in [0.4, 0.5) is 40.0 Å². The SMILES string of the molecule is COC(=O)Oc1ccc(Nc2cc(CN3C(=O)N(c4ccc(SC(F)(F)F)cc4)C(=O)C3(C)C)ccn2)cn1. The molecule has 3 amide bonds. The van der Waals surface area contributed by atoms with Crippen LogP contribution in [0.1, 0.15) is 19.4 Å². The first-order valence-corrected chi connectivity index (χ1v) is 12.1. The summed E-state index contributed by atoms with van der Waals surface area (Å²) in [7, 11) is 1.18. The molecule has 1 fully saturated rings. The Hall–Kier alpha value is -4.33. The number of anilines is 3. The van der Waals surface area contributed by atoms with E-state index in [-0.39, 0.29) is 34.8 Å². The Balaban J connectivity index is 1.48. The van der Waals surface area contributed by atoms with Crippen molar-refractivity contribution >= 4 is 47.0 Å². The van der Waals surface area contributed by atoms with Gasteiger partial charge in [0, 0.05) is 23.7 Å². The average Bonchev–Trinajstić information content (AvgIpc) is 3.04. The summed E-state index contributed by atoms with van der Waals surface area (Å²) < 4.78 is 47.2. The van der Waals surface area contributed by atoms with Crippen molar-refractivity contribution in [3.8, 4) is 5.88 Å². The lowest BCUT2D eigenvalue weighted by molar-refractivity contribution is -0.123. The van der Waals surface area contributed by atoms with E-state index in [9.17, 15) is 27.6 Å². The van der Waals surface area contributed by atoms with Crippen LogP contribution in [0.2, 0.25) is 0 Å². The summed E-state index contributed by atoms with van der Waals surface area (Å²) in [5.41, 5.74) is -4.28. The van der Waals surface area contributed by atoms with Crippen LogP contribution < -0.4 is 15.0 Å². The predicted molar refractivity (Wildman–Crippen MR) is 136 cm³/mol. The Morgan fingerprint density at radius 3 is 2.41 bits per heavy atom. The van der Waals surface area contributed by atoms with Crippen molar-refractivity contribution in [3.63, 3.8) is 0 Å². The van der Waals surface area contributed by atoms with E-state index in [1.807, 2.05) is 0 Å². The van der Waals surface area contributed by atoms with Crippen LogP contribution in [0, 0.1) is 0 Å². The molecule has 2 aromatic heterocycles. The highest BCUT2D eigenvalue weighted by molar-refractivity contribution is 8.00. The molecule has 0 radical (unpaired) electrons. The Bertz CT molecular complexity index is 1380. The Morgan fingerprint density at radius 1 is 1.08 bits per heavy atom. The van der Waals surface area contributed by atoms with E-state index in [0.29, 0.717) is 17.1 Å². The van der Waals surface area contributed by atoms with Gasteiger partial charge in [0.1, 0.15) is 11.4 Å². The minimum Gasteiger partial charge on any atom is -0.437 e. The minimum atomic E-state index is -4.45. The first-order valence-electron chi connectivity index (χ1n) is 11.3. The zero-order valence-electron chi connectivity index (χ0n) is 20.9. The van der Waals surface area contributed by atoms with Crippen LogP contribution in [-0.2, 0) is 16.1 Å². The van der Waals surface area contributed by atoms with Gasteiger partial charge in [0.25, 0.3) is 5.91 Å². The van der Waals surface area contributed by atoms with Crippen LogP contribution in [0.15, 0.2) is 65.8 Å². The monoisotopic (exact) mass is 561 g/mol. The van der Waals surface area contributed by atoms with Gasteiger partial charge in [-0.3, -0.25) is 4.79 Å². The smallest absolute Gasteiger partial charge is 0.437 e. The number of nitrogens with zero attached hydrogens (tertiary/aromatic N) is 4. The molecule has 3 heterocycles. The number of imide groups is 1. The summed E-state index contributed by atoms with van der Waals surface area (Å²) in [5, 5.41) is 3.05. The van der Waals surface area contributed by atoms with E-state index in [1.165, 1.54) is 54.7 Å².